The summed E-state index contributed by atoms with van der Waals surface area (Å²) in [5.41, 5.74) is 1.21. The number of amides is 1. The van der Waals surface area contributed by atoms with E-state index >= 15 is 0 Å². The number of H-pyrrole nitrogens is 1. The number of benzene rings is 1. The van der Waals surface area contributed by atoms with Crippen LogP contribution in [0.3, 0.4) is 0 Å². The Bertz CT molecular complexity index is 765. The second kappa shape index (κ2) is 8.80. The normalized spacial score (nSPS) is 11.5. The molecule has 0 atom stereocenters. The first-order valence-corrected chi connectivity index (χ1v) is 9.14. The Balaban J connectivity index is 2.30. The van der Waals surface area contributed by atoms with Gasteiger partial charge in [-0.1, -0.05) is 27.7 Å². The Morgan fingerprint density at radius 1 is 1.23 bits per heavy atom. The molecule has 0 aliphatic carbocycles. The van der Waals surface area contributed by atoms with Crippen molar-refractivity contribution in [3.8, 4) is 0 Å². The van der Waals surface area contributed by atoms with Crippen LogP contribution in [-0.2, 0) is 0 Å². The lowest BCUT2D eigenvalue weighted by molar-refractivity contribution is -0.384. The highest BCUT2D eigenvalue weighted by atomic mass is 16.6. The van der Waals surface area contributed by atoms with E-state index in [0.29, 0.717) is 30.0 Å². The molecule has 0 radical (unpaired) electrons. The minimum absolute atomic E-state index is 0.00954. The lowest BCUT2D eigenvalue weighted by Gasteiger charge is -2.27. The summed E-state index contributed by atoms with van der Waals surface area (Å²) < 4.78 is 0. The molecule has 1 heterocycles. The second-order valence-corrected chi connectivity index (χ2v) is 6.86. The number of carbonyl (C=O) groups is 1. The molecule has 142 valence electrons. The molecule has 0 bridgehead atoms. The maximum absolute atomic E-state index is 13.1. The summed E-state index contributed by atoms with van der Waals surface area (Å²) in [6.07, 6.45) is 1.65. The quantitative estimate of drug-likeness (QED) is 0.548. The van der Waals surface area contributed by atoms with Gasteiger partial charge in [0.15, 0.2) is 0 Å². The Labute approximate surface area is 154 Å². The first kappa shape index (κ1) is 19.9. The number of nitro benzene ring substituents is 1. The number of rotatable bonds is 9. The molecule has 2 rings (SSSR count). The molecule has 26 heavy (non-hydrogen) atoms. The fourth-order valence-corrected chi connectivity index (χ4v) is 3.09. The van der Waals surface area contributed by atoms with Crippen molar-refractivity contribution >= 4 is 22.5 Å². The summed E-state index contributed by atoms with van der Waals surface area (Å²) >= 11 is 0. The highest BCUT2D eigenvalue weighted by Gasteiger charge is 2.22. The van der Waals surface area contributed by atoms with Crippen LogP contribution in [0, 0.1) is 16.0 Å². The van der Waals surface area contributed by atoms with Gasteiger partial charge in [-0.05, 0) is 25.1 Å². The molecule has 0 fully saturated rings. The number of likely N-dealkylation sites (N-methyl/N-ethyl adjacent to an activating group) is 1. The van der Waals surface area contributed by atoms with Crippen LogP contribution < -0.4 is 0 Å². The number of non-ortho nitro benzene ring substituents is 1. The summed E-state index contributed by atoms with van der Waals surface area (Å²) in [6, 6.07) is 4.56. The first-order chi connectivity index (χ1) is 12.4. The van der Waals surface area contributed by atoms with Gasteiger partial charge < -0.3 is 14.8 Å². The van der Waals surface area contributed by atoms with Crippen molar-refractivity contribution in [2.45, 2.75) is 27.7 Å². The van der Waals surface area contributed by atoms with Crippen LogP contribution >= 0.6 is 0 Å². The SMILES string of the molecule is CCN(CC)CCN(CC(C)C)C(=O)c1c[nH]c2ccc([N+](=O)[O-])cc12. The van der Waals surface area contributed by atoms with Gasteiger partial charge in [0.25, 0.3) is 11.6 Å². The number of carbonyl (C=O) groups excluding carboxylic acids is 1. The summed E-state index contributed by atoms with van der Waals surface area (Å²) in [5, 5.41) is 11.7. The third kappa shape index (κ3) is 4.60. The topological polar surface area (TPSA) is 82.5 Å². The van der Waals surface area contributed by atoms with E-state index in [1.807, 2.05) is 4.90 Å². The highest BCUT2D eigenvalue weighted by Crippen LogP contribution is 2.25. The summed E-state index contributed by atoms with van der Waals surface area (Å²) in [4.78, 5) is 31.0. The van der Waals surface area contributed by atoms with E-state index in [0.717, 1.165) is 25.2 Å². The van der Waals surface area contributed by atoms with E-state index in [9.17, 15) is 14.9 Å². The van der Waals surface area contributed by atoms with Crippen LogP contribution in [0.1, 0.15) is 38.1 Å². The molecular formula is C19H28N4O3. The van der Waals surface area contributed by atoms with Gasteiger partial charge in [-0.3, -0.25) is 14.9 Å². The van der Waals surface area contributed by atoms with Crippen LogP contribution in [0.4, 0.5) is 5.69 Å². The fraction of sp³-hybridized carbons (Fsp3) is 0.526. The van der Waals surface area contributed by atoms with Crippen LogP contribution in [0.2, 0.25) is 0 Å². The maximum Gasteiger partial charge on any atom is 0.270 e. The Kier molecular flexibility index (Phi) is 6.74. The molecule has 0 aliphatic heterocycles. The molecule has 0 saturated heterocycles. The number of hydrogen-bond donors (Lipinski definition) is 1. The third-order valence-electron chi connectivity index (χ3n) is 4.56. The van der Waals surface area contributed by atoms with E-state index in [1.54, 1.807) is 12.3 Å². The van der Waals surface area contributed by atoms with E-state index in [1.165, 1.54) is 12.1 Å². The largest absolute Gasteiger partial charge is 0.360 e. The molecule has 1 N–H and O–H groups in total. The lowest BCUT2D eigenvalue weighted by atomic mass is 10.1. The Hall–Kier alpha value is -2.41. The summed E-state index contributed by atoms with van der Waals surface area (Å²) in [7, 11) is 0. The summed E-state index contributed by atoms with van der Waals surface area (Å²) in [5.74, 6) is 0.257. The van der Waals surface area contributed by atoms with Gasteiger partial charge in [-0.2, -0.15) is 0 Å². The van der Waals surface area contributed by atoms with Gasteiger partial charge in [0, 0.05) is 48.9 Å². The minimum Gasteiger partial charge on any atom is -0.360 e. The number of nitrogens with zero attached hydrogens (tertiary/aromatic N) is 3. The van der Waals surface area contributed by atoms with Crippen molar-refractivity contribution in [3.63, 3.8) is 0 Å². The molecule has 1 amide bonds. The number of hydrogen-bond acceptors (Lipinski definition) is 4. The molecule has 0 unspecified atom stereocenters. The van der Waals surface area contributed by atoms with Crippen LogP contribution in [0.25, 0.3) is 10.9 Å². The van der Waals surface area contributed by atoms with E-state index in [2.05, 4.69) is 37.6 Å². The van der Waals surface area contributed by atoms with E-state index in [4.69, 9.17) is 0 Å². The number of fused-ring (bicyclic) bond motifs is 1. The fourth-order valence-electron chi connectivity index (χ4n) is 3.09. The van der Waals surface area contributed by atoms with Crippen LogP contribution in [-0.4, -0.2) is 58.3 Å². The second-order valence-electron chi connectivity index (χ2n) is 6.86. The number of aromatic amines is 1. The molecule has 0 aliphatic rings. The zero-order chi connectivity index (χ0) is 19.3. The smallest absolute Gasteiger partial charge is 0.270 e. The monoisotopic (exact) mass is 360 g/mol. The van der Waals surface area contributed by atoms with Gasteiger partial charge in [0.2, 0.25) is 0 Å². The van der Waals surface area contributed by atoms with Crippen molar-refractivity contribution in [1.29, 1.82) is 0 Å². The highest BCUT2D eigenvalue weighted by molar-refractivity contribution is 6.07. The number of nitro groups is 1. The average Bonchev–Trinajstić information content (AvgIpc) is 3.03. The molecule has 1 aromatic carbocycles. The molecule has 0 saturated carbocycles. The predicted molar refractivity (Wildman–Crippen MR) is 103 cm³/mol. The predicted octanol–water partition coefficient (Wildman–Crippen LogP) is 3.52. The van der Waals surface area contributed by atoms with Gasteiger partial charge in [0.05, 0.1) is 10.5 Å². The molecule has 7 nitrogen and oxygen atoms in total. The molecule has 0 spiro atoms. The third-order valence-corrected chi connectivity index (χ3v) is 4.56. The molecule has 7 heteroatoms. The maximum atomic E-state index is 13.1. The average molecular weight is 360 g/mol. The Morgan fingerprint density at radius 3 is 2.50 bits per heavy atom. The molecule has 1 aromatic heterocycles. The van der Waals surface area contributed by atoms with Gasteiger partial charge in [-0.15, -0.1) is 0 Å². The zero-order valence-electron chi connectivity index (χ0n) is 16.0. The van der Waals surface area contributed by atoms with Crippen molar-refractivity contribution < 1.29 is 9.72 Å². The minimum atomic E-state index is -0.438. The van der Waals surface area contributed by atoms with Crippen molar-refractivity contribution in [2.75, 3.05) is 32.7 Å². The van der Waals surface area contributed by atoms with Gasteiger partial charge in [0.1, 0.15) is 0 Å². The molecular weight excluding hydrogens is 332 g/mol. The van der Waals surface area contributed by atoms with Crippen molar-refractivity contribution in [1.82, 2.24) is 14.8 Å². The van der Waals surface area contributed by atoms with Crippen molar-refractivity contribution in [3.05, 3.63) is 40.1 Å². The van der Waals surface area contributed by atoms with Crippen molar-refractivity contribution in [2.24, 2.45) is 5.92 Å². The summed E-state index contributed by atoms with van der Waals surface area (Å²) in [6.45, 7) is 12.4. The molecule has 2 aromatic rings. The number of nitrogens with one attached hydrogen (secondary N) is 1. The van der Waals surface area contributed by atoms with Gasteiger partial charge in [-0.25, -0.2) is 0 Å². The van der Waals surface area contributed by atoms with E-state index in [-0.39, 0.29) is 11.6 Å². The van der Waals surface area contributed by atoms with E-state index < -0.39 is 4.92 Å². The standard InChI is InChI=1S/C19H28N4O3/c1-5-21(6-2)9-10-22(13-14(3)4)19(24)17-12-20-18-8-7-15(23(25)26)11-16(17)18/h7-8,11-12,14,20H,5-6,9-10,13H2,1-4H3. The van der Waals surface area contributed by atoms with Crippen LogP contribution in [0.15, 0.2) is 24.4 Å². The van der Waals surface area contributed by atoms with Gasteiger partial charge >= 0.3 is 0 Å². The zero-order valence-corrected chi connectivity index (χ0v) is 16.0. The Morgan fingerprint density at radius 2 is 1.92 bits per heavy atom. The lowest BCUT2D eigenvalue weighted by Crippen LogP contribution is -2.40. The first-order valence-electron chi connectivity index (χ1n) is 9.14. The number of aromatic nitrogens is 1. The van der Waals surface area contributed by atoms with Crippen LogP contribution in [0.5, 0.6) is 0 Å².